The molecule has 0 radical (unpaired) electrons. The minimum Gasteiger partial charge on any atom is -0.493 e. The van der Waals surface area contributed by atoms with Gasteiger partial charge in [-0.1, -0.05) is 0 Å². The molecule has 1 heterocycles. The molecule has 0 fully saturated rings. The van der Waals surface area contributed by atoms with E-state index in [1.807, 2.05) is 0 Å². The third-order valence-corrected chi connectivity index (χ3v) is 4.91. The predicted molar refractivity (Wildman–Crippen MR) is 77.6 cm³/mol. The van der Waals surface area contributed by atoms with E-state index in [1.165, 1.54) is 12.1 Å². The van der Waals surface area contributed by atoms with Gasteiger partial charge in [-0.05, 0) is 54.4 Å². The number of rotatable bonds is 3. The standard InChI is InChI=1S/C15H14FNO3S/c1-10-8-12(16)2-5-15(10)21(18,19)17-13-3-4-14-11(9-13)6-7-20-14/h2-5,8-9,17H,6-7H2,1H3. The molecule has 0 saturated carbocycles. The normalized spacial score (nSPS) is 13.6. The van der Waals surface area contributed by atoms with Crippen molar-refractivity contribution in [3.8, 4) is 5.75 Å². The number of nitrogens with one attached hydrogen (secondary N) is 1. The summed E-state index contributed by atoms with van der Waals surface area (Å²) in [6, 6.07) is 8.77. The zero-order chi connectivity index (χ0) is 15.0. The average Bonchev–Trinajstić information content (AvgIpc) is 2.85. The molecule has 0 atom stereocenters. The number of anilines is 1. The van der Waals surface area contributed by atoms with Gasteiger partial charge >= 0.3 is 0 Å². The van der Waals surface area contributed by atoms with Crippen molar-refractivity contribution in [2.24, 2.45) is 0 Å². The Bertz CT molecular complexity index is 803. The van der Waals surface area contributed by atoms with Gasteiger partial charge in [0.25, 0.3) is 10.0 Å². The van der Waals surface area contributed by atoms with Crippen LogP contribution in [-0.2, 0) is 16.4 Å². The quantitative estimate of drug-likeness (QED) is 0.948. The molecule has 0 unspecified atom stereocenters. The Labute approximate surface area is 122 Å². The van der Waals surface area contributed by atoms with Gasteiger partial charge in [-0.3, -0.25) is 4.72 Å². The highest BCUT2D eigenvalue weighted by Gasteiger charge is 2.19. The zero-order valence-corrected chi connectivity index (χ0v) is 12.2. The second kappa shape index (κ2) is 5.04. The third kappa shape index (κ3) is 2.71. The highest BCUT2D eigenvalue weighted by molar-refractivity contribution is 7.92. The van der Waals surface area contributed by atoms with E-state index >= 15 is 0 Å². The van der Waals surface area contributed by atoms with Crippen molar-refractivity contribution in [1.29, 1.82) is 0 Å². The largest absolute Gasteiger partial charge is 0.493 e. The van der Waals surface area contributed by atoms with Crippen molar-refractivity contribution in [3.05, 3.63) is 53.3 Å². The third-order valence-electron chi connectivity index (χ3n) is 3.37. The van der Waals surface area contributed by atoms with Crippen LogP contribution in [0, 0.1) is 12.7 Å². The van der Waals surface area contributed by atoms with Gasteiger partial charge < -0.3 is 4.74 Å². The van der Waals surface area contributed by atoms with Gasteiger partial charge in [-0.15, -0.1) is 0 Å². The number of aryl methyl sites for hydroxylation is 1. The molecule has 0 amide bonds. The Morgan fingerprint density at radius 1 is 1.19 bits per heavy atom. The summed E-state index contributed by atoms with van der Waals surface area (Å²) in [5, 5.41) is 0. The van der Waals surface area contributed by atoms with Gasteiger partial charge in [0, 0.05) is 12.1 Å². The molecule has 2 aromatic carbocycles. The highest BCUT2D eigenvalue weighted by atomic mass is 32.2. The summed E-state index contributed by atoms with van der Waals surface area (Å²) in [5.41, 5.74) is 1.82. The van der Waals surface area contributed by atoms with Crippen LogP contribution in [-0.4, -0.2) is 15.0 Å². The van der Waals surface area contributed by atoms with Crippen LogP contribution in [0.5, 0.6) is 5.75 Å². The van der Waals surface area contributed by atoms with E-state index in [-0.39, 0.29) is 4.90 Å². The SMILES string of the molecule is Cc1cc(F)ccc1S(=O)(=O)Nc1ccc2c(c1)CCO2. The van der Waals surface area contributed by atoms with Crippen LogP contribution in [0.15, 0.2) is 41.3 Å². The lowest BCUT2D eigenvalue weighted by atomic mass is 10.1. The van der Waals surface area contributed by atoms with Crippen molar-refractivity contribution in [2.75, 3.05) is 11.3 Å². The summed E-state index contributed by atoms with van der Waals surface area (Å²) in [6.07, 6.45) is 0.764. The molecular weight excluding hydrogens is 293 g/mol. The van der Waals surface area contributed by atoms with Crippen molar-refractivity contribution < 1.29 is 17.5 Å². The fraction of sp³-hybridized carbons (Fsp3) is 0.200. The molecule has 1 N–H and O–H groups in total. The number of hydrogen-bond acceptors (Lipinski definition) is 3. The number of sulfonamides is 1. The smallest absolute Gasteiger partial charge is 0.262 e. The number of benzene rings is 2. The Morgan fingerprint density at radius 3 is 2.76 bits per heavy atom. The minimum absolute atomic E-state index is 0.0700. The van der Waals surface area contributed by atoms with Gasteiger partial charge in [0.15, 0.2) is 0 Å². The number of ether oxygens (including phenoxy) is 1. The first-order valence-electron chi connectivity index (χ1n) is 6.50. The molecule has 0 saturated heterocycles. The molecule has 110 valence electrons. The molecule has 4 nitrogen and oxygen atoms in total. The minimum atomic E-state index is -3.74. The number of halogens is 1. The van der Waals surface area contributed by atoms with E-state index in [0.29, 0.717) is 17.9 Å². The predicted octanol–water partition coefficient (Wildman–Crippen LogP) is 2.87. The topological polar surface area (TPSA) is 55.4 Å². The molecule has 0 bridgehead atoms. The first-order valence-corrected chi connectivity index (χ1v) is 7.99. The molecule has 0 spiro atoms. The molecule has 0 aliphatic carbocycles. The summed E-state index contributed by atoms with van der Waals surface area (Å²) in [7, 11) is -3.74. The molecule has 21 heavy (non-hydrogen) atoms. The van der Waals surface area contributed by atoms with Crippen molar-refractivity contribution in [3.63, 3.8) is 0 Å². The molecule has 1 aliphatic rings. The maximum absolute atomic E-state index is 13.1. The van der Waals surface area contributed by atoms with Gasteiger partial charge in [-0.25, -0.2) is 12.8 Å². The van der Waals surface area contributed by atoms with Crippen molar-refractivity contribution in [1.82, 2.24) is 0 Å². The van der Waals surface area contributed by atoms with Crippen LogP contribution in [0.4, 0.5) is 10.1 Å². The van der Waals surface area contributed by atoms with Gasteiger partial charge in [0.2, 0.25) is 0 Å². The number of hydrogen-bond donors (Lipinski definition) is 1. The Morgan fingerprint density at radius 2 is 2.00 bits per heavy atom. The Balaban J connectivity index is 1.92. The van der Waals surface area contributed by atoms with E-state index in [9.17, 15) is 12.8 Å². The first kappa shape index (κ1) is 13.9. The molecular formula is C15H14FNO3S. The summed E-state index contributed by atoms with van der Waals surface area (Å²) >= 11 is 0. The highest BCUT2D eigenvalue weighted by Crippen LogP contribution is 2.29. The van der Waals surface area contributed by atoms with E-state index in [4.69, 9.17) is 4.74 Å². The van der Waals surface area contributed by atoms with E-state index < -0.39 is 15.8 Å². The maximum Gasteiger partial charge on any atom is 0.262 e. The number of fused-ring (bicyclic) bond motifs is 1. The molecule has 2 aromatic rings. The monoisotopic (exact) mass is 307 g/mol. The summed E-state index contributed by atoms with van der Waals surface area (Å²) < 4.78 is 45.7. The second-order valence-corrected chi connectivity index (χ2v) is 6.59. The molecule has 6 heteroatoms. The molecule has 0 aromatic heterocycles. The molecule has 3 rings (SSSR count). The fourth-order valence-corrected chi connectivity index (χ4v) is 3.65. The van der Waals surface area contributed by atoms with E-state index in [2.05, 4.69) is 4.72 Å². The van der Waals surface area contributed by atoms with Gasteiger partial charge in [-0.2, -0.15) is 0 Å². The van der Waals surface area contributed by atoms with Crippen LogP contribution >= 0.6 is 0 Å². The summed E-state index contributed by atoms with van der Waals surface area (Å²) in [5.74, 6) is 0.331. The van der Waals surface area contributed by atoms with Crippen LogP contribution in [0.2, 0.25) is 0 Å². The van der Waals surface area contributed by atoms with Crippen molar-refractivity contribution >= 4 is 15.7 Å². The summed E-state index contributed by atoms with van der Waals surface area (Å²) in [4.78, 5) is 0.0700. The van der Waals surface area contributed by atoms with Crippen LogP contribution in [0.25, 0.3) is 0 Å². The Hall–Kier alpha value is -2.08. The van der Waals surface area contributed by atoms with Gasteiger partial charge in [0.1, 0.15) is 11.6 Å². The van der Waals surface area contributed by atoms with Gasteiger partial charge in [0.05, 0.1) is 11.5 Å². The lowest BCUT2D eigenvalue weighted by Gasteiger charge is -2.11. The van der Waals surface area contributed by atoms with Crippen LogP contribution in [0.3, 0.4) is 0 Å². The van der Waals surface area contributed by atoms with E-state index in [1.54, 1.807) is 25.1 Å². The first-order chi connectivity index (χ1) is 9.95. The summed E-state index contributed by atoms with van der Waals surface area (Å²) in [6.45, 7) is 2.18. The molecule has 1 aliphatic heterocycles. The zero-order valence-electron chi connectivity index (χ0n) is 11.4. The lowest BCUT2D eigenvalue weighted by molar-refractivity contribution is 0.357. The fourth-order valence-electron chi connectivity index (χ4n) is 2.37. The van der Waals surface area contributed by atoms with Crippen LogP contribution < -0.4 is 9.46 Å². The average molecular weight is 307 g/mol. The maximum atomic E-state index is 13.1. The van der Waals surface area contributed by atoms with Crippen LogP contribution in [0.1, 0.15) is 11.1 Å². The second-order valence-electron chi connectivity index (χ2n) is 4.94. The Kier molecular flexibility index (Phi) is 3.33. The van der Waals surface area contributed by atoms with E-state index in [0.717, 1.165) is 23.8 Å². The lowest BCUT2D eigenvalue weighted by Crippen LogP contribution is -2.14. The van der Waals surface area contributed by atoms with Crippen molar-refractivity contribution in [2.45, 2.75) is 18.2 Å².